The second-order valence-corrected chi connectivity index (χ2v) is 5.76. The number of hydrogen-bond donors (Lipinski definition) is 1. The summed E-state index contributed by atoms with van der Waals surface area (Å²) in [5, 5.41) is 0. The molecule has 2 N–H and O–H groups in total. The third-order valence-electron chi connectivity index (χ3n) is 3.40. The number of halogens is 2. The number of nitrogen functional groups attached to an aromatic ring is 1. The lowest BCUT2D eigenvalue weighted by atomic mass is 9.90. The lowest BCUT2D eigenvalue weighted by Crippen LogP contribution is -2.11. The van der Waals surface area contributed by atoms with Crippen molar-refractivity contribution in [1.29, 1.82) is 0 Å². The number of benzene rings is 1. The van der Waals surface area contributed by atoms with Gasteiger partial charge in [-0.25, -0.2) is 9.37 Å². The second-order valence-electron chi connectivity index (χ2n) is 4.94. The standard InChI is InChI=1S/C16H16BrFN2O.CO2/c1-2-10(11-4-3-5-12(18)8-11)9-14(21)16-13(19)6-7-15(17)20-16;2-1-3/h3-8,10H,2,9,19H2,1H3;. The third-order valence-corrected chi connectivity index (χ3v) is 3.84. The maximum Gasteiger partial charge on any atom is 0.373 e. The van der Waals surface area contributed by atoms with E-state index in [4.69, 9.17) is 15.3 Å². The summed E-state index contributed by atoms with van der Waals surface area (Å²) in [6.07, 6.45) is 1.25. The van der Waals surface area contributed by atoms with E-state index in [9.17, 15) is 9.18 Å². The van der Waals surface area contributed by atoms with Gasteiger partial charge in [-0.1, -0.05) is 19.1 Å². The lowest BCUT2D eigenvalue weighted by Gasteiger charge is -2.15. The van der Waals surface area contributed by atoms with Crippen LogP contribution in [0.3, 0.4) is 0 Å². The molecule has 5 nitrogen and oxygen atoms in total. The lowest BCUT2D eigenvalue weighted by molar-refractivity contribution is -0.191. The number of pyridine rings is 1. The minimum atomic E-state index is -0.293. The molecule has 1 aromatic heterocycles. The van der Waals surface area contributed by atoms with Crippen molar-refractivity contribution in [2.24, 2.45) is 0 Å². The molecule has 126 valence electrons. The molecule has 0 aliphatic rings. The molecular formula is C17H16BrFN2O3. The predicted octanol–water partition coefficient (Wildman–Crippen LogP) is 3.75. The number of anilines is 1. The molecule has 1 heterocycles. The minimum Gasteiger partial charge on any atom is -0.397 e. The Morgan fingerprint density at radius 2 is 2.00 bits per heavy atom. The molecule has 0 aliphatic heterocycles. The van der Waals surface area contributed by atoms with Crippen LogP contribution in [0.25, 0.3) is 0 Å². The normalized spacial score (nSPS) is 11.0. The predicted molar refractivity (Wildman–Crippen MR) is 89.7 cm³/mol. The van der Waals surface area contributed by atoms with Crippen LogP contribution in [0.15, 0.2) is 41.0 Å². The van der Waals surface area contributed by atoms with Gasteiger partial charge in [0.2, 0.25) is 0 Å². The zero-order valence-corrected chi connectivity index (χ0v) is 14.5. The highest BCUT2D eigenvalue weighted by Gasteiger charge is 2.19. The van der Waals surface area contributed by atoms with Crippen LogP contribution in [0, 0.1) is 5.82 Å². The van der Waals surface area contributed by atoms with Crippen molar-refractivity contribution >= 4 is 33.6 Å². The number of aromatic nitrogens is 1. The van der Waals surface area contributed by atoms with E-state index < -0.39 is 0 Å². The summed E-state index contributed by atoms with van der Waals surface area (Å²) in [4.78, 5) is 32.8. The first-order chi connectivity index (χ1) is 11.4. The number of nitrogens with two attached hydrogens (primary N) is 1. The summed E-state index contributed by atoms with van der Waals surface area (Å²) in [6.45, 7) is 1.97. The van der Waals surface area contributed by atoms with Crippen LogP contribution in [-0.2, 0) is 9.59 Å². The summed E-state index contributed by atoms with van der Waals surface area (Å²) in [7, 11) is 0. The Morgan fingerprint density at radius 3 is 2.58 bits per heavy atom. The molecule has 1 atom stereocenters. The summed E-state index contributed by atoms with van der Waals surface area (Å²) in [6, 6.07) is 9.69. The number of nitrogens with zero attached hydrogens (tertiary/aromatic N) is 1. The molecule has 7 heteroatoms. The molecule has 0 saturated heterocycles. The molecule has 2 aromatic rings. The molecule has 0 amide bonds. The molecule has 0 aliphatic carbocycles. The number of Topliss-reactive ketones (excluding diaryl/α,β-unsaturated/α-hetero) is 1. The molecule has 0 saturated carbocycles. The Bertz CT molecular complexity index is 746. The van der Waals surface area contributed by atoms with Crippen molar-refractivity contribution in [1.82, 2.24) is 4.98 Å². The van der Waals surface area contributed by atoms with Gasteiger partial charge in [-0.2, -0.15) is 9.59 Å². The minimum absolute atomic E-state index is 0.0478. The van der Waals surface area contributed by atoms with Crippen LogP contribution in [0.2, 0.25) is 0 Å². The SMILES string of the molecule is CCC(CC(=O)c1nc(Br)ccc1N)c1cccc(F)c1.O=C=O. The Balaban J connectivity index is 0.000000891. The van der Waals surface area contributed by atoms with Crippen LogP contribution in [0.1, 0.15) is 41.7 Å². The van der Waals surface area contributed by atoms with Crippen molar-refractivity contribution in [3.8, 4) is 0 Å². The molecule has 24 heavy (non-hydrogen) atoms. The van der Waals surface area contributed by atoms with E-state index in [1.165, 1.54) is 12.1 Å². The topological polar surface area (TPSA) is 90.1 Å². The maximum absolute atomic E-state index is 13.3. The molecule has 0 radical (unpaired) electrons. The van der Waals surface area contributed by atoms with Crippen LogP contribution < -0.4 is 5.73 Å². The number of hydrogen-bond acceptors (Lipinski definition) is 5. The summed E-state index contributed by atoms with van der Waals surface area (Å²) in [5.41, 5.74) is 7.25. The summed E-state index contributed by atoms with van der Waals surface area (Å²) < 4.78 is 13.9. The van der Waals surface area contributed by atoms with Crippen LogP contribution in [0.4, 0.5) is 10.1 Å². The first-order valence-corrected chi connectivity index (χ1v) is 7.92. The Labute approximate surface area is 147 Å². The van der Waals surface area contributed by atoms with Gasteiger partial charge in [0, 0.05) is 6.42 Å². The number of carbonyl (C=O) groups is 1. The Kier molecular flexibility index (Phi) is 7.95. The van der Waals surface area contributed by atoms with E-state index in [-0.39, 0.29) is 35.8 Å². The number of ketones is 1. The highest BCUT2D eigenvalue weighted by Crippen LogP contribution is 2.27. The largest absolute Gasteiger partial charge is 0.397 e. The monoisotopic (exact) mass is 394 g/mol. The highest BCUT2D eigenvalue weighted by atomic mass is 79.9. The fourth-order valence-electron chi connectivity index (χ4n) is 2.25. The van der Waals surface area contributed by atoms with Crippen molar-refractivity contribution < 1.29 is 18.8 Å². The van der Waals surface area contributed by atoms with E-state index in [1.54, 1.807) is 18.2 Å². The zero-order valence-electron chi connectivity index (χ0n) is 13.0. The summed E-state index contributed by atoms with van der Waals surface area (Å²) >= 11 is 3.23. The van der Waals surface area contributed by atoms with Gasteiger partial charge in [-0.15, -0.1) is 0 Å². The molecule has 1 unspecified atom stereocenters. The molecule has 2 rings (SSSR count). The van der Waals surface area contributed by atoms with Crippen molar-refractivity contribution in [3.63, 3.8) is 0 Å². The van der Waals surface area contributed by atoms with Crippen molar-refractivity contribution in [2.45, 2.75) is 25.7 Å². The molecule has 1 aromatic carbocycles. The summed E-state index contributed by atoms with van der Waals surface area (Å²) in [5.74, 6) is -0.475. The Morgan fingerprint density at radius 1 is 1.33 bits per heavy atom. The van der Waals surface area contributed by atoms with Crippen LogP contribution in [-0.4, -0.2) is 16.9 Å². The molecular weight excluding hydrogens is 379 g/mol. The average Bonchev–Trinajstić information content (AvgIpc) is 2.55. The first kappa shape index (κ1) is 19.7. The smallest absolute Gasteiger partial charge is 0.373 e. The number of rotatable bonds is 5. The van der Waals surface area contributed by atoms with Gasteiger partial charge in [-0.05, 0) is 58.1 Å². The van der Waals surface area contributed by atoms with E-state index in [2.05, 4.69) is 20.9 Å². The third kappa shape index (κ3) is 5.68. The van der Waals surface area contributed by atoms with Crippen LogP contribution in [0.5, 0.6) is 0 Å². The van der Waals surface area contributed by atoms with Gasteiger partial charge in [-0.3, -0.25) is 4.79 Å². The molecule has 0 spiro atoms. The van der Waals surface area contributed by atoms with E-state index in [0.29, 0.717) is 10.3 Å². The van der Waals surface area contributed by atoms with Gasteiger partial charge in [0.15, 0.2) is 5.78 Å². The van der Waals surface area contributed by atoms with E-state index in [0.717, 1.165) is 12.0 Å². The van der Waals surface area contributed by atoms with E-state index >= 15 is 0 Å². The van der Waals surface area contributed by atoms with Crippen molar-refractivity contribution in [3.05, 3.63) is 58.1 Å². The van der Waals surface area contributed by atoms with Gasteiger partial charge in [0.25, 0.3) is 0 Å². The van der Waals surface area contributed by atoms with Gasteiger partial charge in [0.1, 0.15) is 16.1 Å². The van der Waals surface area contributed by atoms with Gasteiger partial charge < -0.3 is 5.73 Å². The fourth-order valence-corrected chi connectivity index (χ4v) is 2.56. The van der Waals surface area contributed by atoms with E-state index in [1.807, 2.05) is 13.0 Å². The highest BCUT2D eigenvalue weighted by molar-refractivity contribution is 9.10. The van der Waals surface area contributed by atoms with Gasteiger partial charge in [0.05, 0.1) is 5.69 Å². The molecule has 0 bridgehead atoms. The number of carbonyl (C=O) groups excluding carboxylic acids is 3. The quantitative estimate of drug-likeness (QED) is 0.615. The second kappa shape index (κ2) is 9.70. The van der Waals surface area contributed by atoms with Crippen molar-refractivity contribution in [2.75, 3.05) is 5.73 Å². The average molecular weight is 395 g/mol. The zero-order chi connectivity index (χ0) is 18.1. The van der Waals surface area contributed by atoms with Crippen LogP contribution >= 0.6 is 15.9 Å². The van der Waals surface area contributed by atoms with Gasteiger partial charge >= 0.3 is 6.15 Å². The maximum atomic E-state index is 13.3. The Hall–Kier alpha value is -2.37. The molecule has 0 fully saturated rings. The fraction of sp³-hybridized carbons (Fsp3) is 0.235. The first-order valence-electron chi connectivity index (χ1n) is 7.12.